The third-order valence-corrected chi connectivity index (χ3v) is 4.52. The summed E-state index contributed by atoms with van der Waals surface area (Å²) in [6.07, 6.45) is 3.75. The molecule has 4 rings (SSSR count). The number of benzene rings is 1. The minimum atomic E-state index is -0.286. The number of halogens is 1. The zero-order chi connectivity index (χ0) is 18.8. The fourth-order valence-corrected chi connectivity index (χ4v) is 2.85. The normalized spacial score (nSPS) is 14.4. The molecule has 27 heavy (non-hydrogen) atoms. The Bertz CT molecular complexity index is 986. The van der Waals surface area contributed by atoms with E-state index in [-0.39, 0.29) is 17.5 Å². The molecule has 2 aromatic heterocycles. The molecular formula is C19H18FN7. The Morgan fingerprint density at radius 1 is 1.22 bits per heavy atom. The summed E-state index contributed by atoms with van der Waals surface area (Å²) in [7, 11) is 0. The monoisotopic (exact) mass is 363 g/mol. The van der Waals surface area contributed by atoms with Crippen LogP contribution < -0.4 is 10.6 Å². The van der Waals surface area contributed by atoms with E-state index < -0.39 is 0 Å². The average molecular weight is 363 g/mol. The van der Waals surface area contributed by atoms with Gasteiger partial charge in [-0.05, 0) is 37.5 Å². The van der Waals surface area contributed by atoms with Crippen molar-refractivity contribution in [3.8, 4) is 0 Å². The molecule has 0 amide bonds. The zero-order valence-electron chi connectivity index (χ0n) is 14.7. The molecule has 0 spiro atoms. The molecule has 136 valence electrons. The van der Waals surface area contributed by atoms with Gasteiger partial charge in [0.05, 0.1) is 6.57 Å². The predicted octanol–water partition coefficient (Wildman–Crippen LogP) is 4.68. The minimum Gasteiger partial charge on any atom is -0.372 e. The summed E-state index contributed by atoms with van der Waals surface area (Å²) in [4.78, 5) is 12.0. The Morgan fingerprint density at radius 2 is 1.96 bits per heavy atom. The van der Waals surface area contributed by atoms with Crippen LogP contribution in [0.5, 0.6) is 0 Å². The van der Waals surface area contributed by atoms with Crippen LogP contribution in [0.1, 0.15) is 43.0 Å². The van der Waals surface area contributed by atoms with Gasteiger partial charge in [0.25, 0.3) is 5.69 Å². The summed E-state index contributed by atoms with van der Waals surface area (Å²) in [5, 5.41) is 13.5. The van der Waals surface area contributed by atoms with E-state index in [1.165, 1.54) is 31.3 Å². The van der Waals surface area contributed by atoms with Crippen molar-refractivity contribution in [1.29, 1.82) is 0 Å². The smallest absolute Gasteiger partial charge is 0.269 e. The van der Waals surface area contributed by atoms with Crippen LogP contribution in [0.25, 0.3) is 4.85 Å². The summed E-state index contributed by atoms with van der Waals surface area (Å²) in [5.74, 6) is 1.71. The summed E-state index contributed by atoms with van der Waals surface area (Å²) < 4.78 is 13.1. The lowest BCUT2D eigenvalue weighted by Crippen LogP contribution is -2.09. The number of aromatic amines is 1. The Balaban J connectivity index is 1.55. The van der Waals surface area contributed by atoms with E-state index in [1.807, 2.05) is 13.0 Å². The van der Waals surface area contributed by atoms with E-state index in [0.29, 0.717) is 23.4 Å². The van der Waals surface area contributed by atoms with E-state index in [1.54, 1.807) is 12.1 Å². The second kappa shape index (κ2) is 7.03. The van der Waals surface area contributed by atoms with Crippen LogP contribution in [0.3, 0.4) is 0 Å². The van der Waals surface area contributed by atoms with Crippen LogP contribution in [-0.4, -0.2) is 20.2 Å². The van der Waals surface area contributed by atoms with Gasteiger partial charge in [0, 0.05) is 23.7 Å². The molecule has 0 radical (unpaired) electrons. The van der Waals surface area contributed by atoms with E-state index >= 15 is 0 Å². The molecule has 1 saturated carbocycles. The number of aromatic nitrogens is 4. The molecule has 3 aromatic rings. The molecule has 1 aromatic carbocycles. The van der Waals surface area contributed by atoms with Gasteiger partial charge >= 0.3 is 0 Å². The van der Waals surface area contributed by atoms with Crippen LogP contribution in [0.15, 0.2) is 36.7 Å². The molecule has 8 heteroatoms. The fourth-order valence-electron chi connectivity index (χ4n) is 2.85. The molecule has 0 unspecified atom stereocenters. The van der Waals surface area contributed by atoms with E-state index in [0.717, 1.165) is 11.3 Å². The Morgan fingerprint density at radius 3 is 2.67 bits per heavy atom. The number of hydrogen-bond acceptors (Lipinski definition) is 5. The molecular weight excluding hydrogens is 345 g/mol. The molecule has 1 aliphatic carbocycles. The van der Waals surface area contributed by atoms with Gasteiger partial charge in [-0.15, -0.1) is 0 Å². The first-order valence-electron chi connectivity index (χ1n) is 8.71. The standard InChI is InChI=1S/C19H18FN7/c1-11(12-5-7-14(20)8-6-12)24-18-17(21-2)19(23-10-22-18)25-16-9-15(26-27-16)13-3-4-13/h5-11,13H,3-4H2,1H3,(H3,22,23,24,25,26,27)/t11-/m0/s1. The van der Waals surface area contributed by atoms with E-state index in [4.69, 9.17) is 6.57 Å². The summed E-state index contributed by atoms with van der Waals surface area (Å²) >= 11 is 0. The highest BCUT2D eigenvalue weighted by Gasteiger charge is 2.25. The van der Waals surface area contributed by atoms with Crippen LogP contribution in [-0.2, 0) is 0 Å². The lowest BCUT2D eigenvalue weighted by atomic mass is 10.1. The van der Waals surface area contributed by atoms with Gasteiger partial charge < -0.3 is 10.6 Å². The van der Waals surface area contributed by atoms with Crippen molar-refractivity contribution in [1.82, 2.24) is 20.2 Å². The van der Waals surface area contributed by atoms with Gasteiger partial charge in [-0.25, -0.2) is 19.2 Å². The van der Waals surface area contributed by atoms with Gasteiger partial charge in [0.2, 0.25) is 0 Å². The third kappa shape index (κ3) is 3.72. The number of rotatable bonds is 6. The maximum absolute atomic E-state index is 13.1. The largest absolute Gasteiger partial charge is 0.372 e. The highest BCUT2D eigenvalue weighted by atomic mass is 19.1. The van der Waals surface area contributed by atoms with Gasteiger partial charge in [0.15, 0.2) is 5.82 Å². The Kier molecular flexibility index (Phi) is 4.42. The first-order chi connectivity index (χ1) is 13.1. The molecule has 1 atom stereocenters. The summed E-state index contributed by atoms with van der Waals surface area (Å²) in [6.45, 7) is 9.46. The van der Waals surface area contributed by atoms with Crippen molar-refractivity contribution in [2.24, 2.45) is 0 Å². The van der Waals surface area contributed by atoms with Crippen molar-refractivity contribution in [2.75, 3.05) is 10.6 Å². The fraction of sp³-hybridized carbons (Fsp3) is 0.263. The van der Waals surface area contributed by atoms with Crippen LogP contribution in [0, 0.1) is 12.4 Å². The van der Waals surface area contributed by atoms with Gasteiger partial charge in [-0.2, -0.15) is 5.10 Å². The van der Waals surface area contributed by atoms with Crippen LogP contribution in [0.2, 0.25) is 0 Å². The second-order valence-electron chi connectivity index (χ2n) is 6.56. The Hall–Kier alpha value is -3.47. The first-order valence-corrected chi connectivity index (χ1v) is 8.71. The number of anilines is 3. The lowest BCUT2D eigenvalue weighted by molar-refractivity contribution is 0.626. The molecule has 0 bridgehead atoms. The summed E-state index contributed by atoms with van der Waals surface area (Å²) in [5.41, 5.74) is 2.27. The topological polar surface area (TPSA) is 82.9 Å². The molecule has 0 aliphatic heterocycles. The number of H-pyrrole nitrogens is 1. The van der Waals surface area contributed by atoms with Crippen molar-refractivity contribution >= 4 is 23.1 Å². The Labute approximate surface area is 155 Å². The number of hydrogen-bond donors (Lipinski definition) is 3. The molecule has 1 fully saturated rings. The third-order valence-electron chi connectivity index (χ3n) is 4.52. The minimum absolute atomic E-state index is 0.152. The van der Waals surface area contributed by atoms with E-state index in [9.17, 15) is 4.39 Å². The second-order valence-corrected chi connectivity index (χ2v) is 6.56. The highest BCUT2D eigenvalue weighted by molar-refractivity contribution is 5.80. The van der Waals surface area contributed by atoms with Crippen LogP contribution in [0.4, 0.5) is 27.5 Å². The van der Waals surface area contributed by atoms with Crippen molar-refractivity contribution in [3.05, 3.63) is 65.2 Å². The van der Waals surface area contributed by atoms with Crippen molar-refractivity contribution in [3.63, 3.8) is 0 Å². The van der Waals surface area contributed by atoms with Gasteiger partial charge in [-0.3, -0.25) is 5.10 Å². The van der Waals surface area contributed by atoms with E-state index in [2.05, 4.69) is 35.6 Å². The van der Waals surface area contributed by atoms with Gasteiger partial charge in [-0.1, -0.05) is 12.1 Å². The maximum atomic E-state index is 13.1. The lowest BCUT2D eigenvalue weighted by Gasteiger charge is -2.17. The summed E-state index contributed by atoms with van der Waals surface area (Å²) in [6, 6.07) is 8.01. The predicted molar refractivity (Wildman–Crippen MR) is 101 cm³/mol. The number of nitrogens with zero attached hydrogens (tertiary/aromatic N) is 4. The van der Waals surface area contributed by atoms with Crippen LogP contribution >= 0.6 is 0 Å². The molecule has 0 saturated heterocycles. The molecule has 2 heterocycles. The zero-order valence-corrected chi connectivity index (χ0v) is 14.7. The first kappa shape index (κ1) is 17.0. The van der Waals surface area contributed by atoms with Crippen molar-refractivity contribution < 1.29 is 4.39 Å². The van der Waals surface area contributed by atoms with Gasteiger partial charge in [0.1, 0.15) is 23.8 Å². The SMILES string of the molecule is [C-]#[N+]c1c(Nc2cc(C3CC3)[nH]n2)ncnc1N[C@@H](C)c1ccc(F)cc1. The highest BCUT2D eigenvalue weighted by Crippen LogP contribution is 2.40. The number of nitrogens with one attached hydrogen (secondary N) is 3. The molecule has 3 N–H and O–H groups in total. The quantitative estimate of drug-likeness (QED) is 0.554. The van der Waals surface area contributed by atoms with Crippen molar-refractivity contribution in [2.45, 2.75) is 31.7 Å². The molecule has 7 nitrogen and oxygen atoms in total. The maximum Gasteiger partial charge on any atom is 0.269 e. The average Bonchev–Trinajstić information content (AvgIpc) is 3.42. The molecule has 1 aliphatic rings.